The van der Waals surface area contributed by atoms with Crippen LogP contribution in [-0.4, -0.2) is 32.9 Å². The zero-order valence-corrected chi connectivity index (χ0v) is 14.6. The summed E-state index contributed by atoms with van der Waals surface area (Å²) in [4.78, 5) is 12.4. The number of para-hydroxylation sites is 1. The van der Waals surface area contributed by atoms with Crippen molar-refractivity contribution >= 4 is 17.5 Å². The molecule has 1 aromatic carbocycles. The Balaban J connectivity index is 2.20. The van der Waals surface area contributed by atoms with Crippen LogP contribution < -0.4 is 5.32 Å². The zero-order chi connectivity index (χ0) is 17.2. The lowest BCUT2D eigenvalue weighted by atomic mass is 9.92. The highest BCUT2D eigenvalue weighted by Crippen LogP contribution is 2.22. The van der Waals surface area contributed by atoms with Crippen LogP contribution in [-0.2, 0) is 0 Å². The quantitative estimate of drug-likeness (QED) is 0.882. The number of benzene rings is 1. The van der Waals surface area contributed by atoms with Crippen LogP contribution >= 0.6 is 11.6 Å². The minimum atomic E-state index is -0.956. The summed E-state index contributed by atoms with van der Waals surface area (Å²) in [7, 11) is 0. The minimum absolute atomic E-state index is 0.0368. The van der Waals surface area contributed by atoms with Crippen molar-refractivity contribution in [3.63, 3.8) is 0 Å². The first-order valence-electron chi connectivity index (χ1n) is 7.54. The first-order valence-corrected chi connectivity index (χ1v) is 7.92. The molecule has 2 N–H and O–H groups in total. The molecule has 1 unspecified atom stereocenters. The van der Waals surface area contributed by atoms with Gasteiger partial charge in [0.15, 0.2) is 0 Å². The first-order chi connectivity index (χ1) is 10.7. The summed E-state index contributed by atoms with van der Waals surface area (Å²) in [6, 6.07) is 7.32. The lowest BCUT2D eigenvalue weighted by molar-refractivity contribution is 0.0142. The summed E-state index contributed by atoms with van der Waals surface area (Å²) in [6.07, 6.45) is 1.51. The van der Waals surface area contributed by atoms with Gasteiger partial charge in [-0.05, 0) is 31.9 Å². The third-order valence-corrected chi connectivity index (χ3v) is 4.51. The SMILES string of the molecule is Cc1c(C(=O)NCC(C)(O)C(C)C)cnn1-c1ccccc1Cl. The van der Waals surface area contributed by atoms with Gasteiger partial charge in [-0.15, -0.1) is 0 Å². The fourth-order valence-electron chi connectivity index (χ4n) is 2.06. The van der Waals surface area contributed by atoms with E-state index in [1.165, 1.54) is 6.20 Å². The van der Waals surface area contributed by atoms with E-state index in [1.807, 2.05) is 39.0 Å². The number of hydrogen-bond donors (Lipinski definition) is 2. The van der Waals surface area contributed by atoms with Crippen LogP contribution in [0.25, 0.3) is 5.69 Å². The molecular weight excluding hydrogens is 314 g/mol. The second kappa shape index (κ2) is 6.72. The molecule has 0 saturated heterocycles. The van der Waals surface area contributed by atoms with E-state index in [0.717, 1.165) is 5.69 Å². The van der Waals surface area contributed by atoms with Gasteiger partial charge in [0, 0.05) is 6.54 Å². The smallest absolute Gasteiger partial charge is 0.254 e. The number of halogens is 1. The van der Waals surface area contributed by atoms with Gasteiger partial charge in [0.2, 0.25) is 0 Å². The normalized spacial score (nSPS) is 13.9. The summed E-state index contributed by atoms with van der Waals surface area (Å²) < 4.78 is 1.64. The van der Waals surface area contributed by atoms with Crippen LogP contribution in [0.2, 0.25) is 5.02 Å². The van der Waals surface area contributed by atoms with Crippen LogP contribution in [0.4, 0.5) is 0 Å². The molecule has 6 heteroatoms. The van der Waals surface area contributed by atoms with Gasteiger partial charge in [0.25, 0.3) is 5.91 Å². The highest BCUT2D eigenvalue weighted by Gasteiger charge is 2.26. The summed E-state index contributed by atoms with van der Waals surface area (Å²) >= 11 is 6.18. The van der Waals surface area contributed by atoms with Gasteiger partial charge < -0.3 is 10.4 Å². The zero-order valence-electron chi connectivity index (χ0n) is 13.8. The third kappa shape index (κ3) is 3.74. The summed E-state index contributed by atoms with van der Waals surface area (Å²) in [6.45, 7) is 7.52. The molecule has 1 aromatic heterocycles. The first kappa shape index (κ1) is 17.5. The van der Waals surface area contributed by atoms with E-state index in [9.17, 15) is 9.90 Å². The van der Waals surface area contributed by atoms with Crippen molar-refractivity contribution in [3.8, 4) is 5.69 Å². The largest absolute Gasteiger partial charge is 0.388 e. The number of nitrogens with zero attached hydrogens (tertiary/aromatic N) is 2. The van der Waals surface area contributed by atoms with E-state index in [2.05, 4.69) is 10.4 Å². The van der Waals surface area contributed by atoms with Crippen molar-refractivity contribution in [2.24, 2.45) is 5.92 Å². The summed E-state index contributed by atoms with van der Waals surface area (Å²) in [5.41, 5.74) is 0.923. The maximum absolute atomic E-state index is 12.4. The summed E-state index contributed by atoms with van der Waals surface area (Å²) in [5.74, 6) is -0.225. The highest BCUT2D eigenvalue weighted by atomic mass is 35.5. The Kier molecular flexibility index (Phi) is 5.12. The average molecular weight is 336 g/mol. The van der Waals surface area contributed by atoms with Gasteiger partial charge in [-0.3, -0.25) is 4.79 Å². The highest BCUT2D eigenvalue weighted by molar-refractivity contribution is 6.32. The molecule has 0 aliphatic rings. The predicted molar refractivity (Wildman–Crippen MR) is 91.1 cm³/mol. The Morgan fingerprint density at radius 2 is 2.09 bits per heavy atom. The Morgan fingerprint density at radius 3 is 2.70 bits per heavy atom. The molecule has 1 atom stereocenters. The van der Waals surface area contributed by atoms with E-state index >= 15 is 0 Å². The van der Waals surface area contributed by atoms with Crippen LogP contribution in [0.1, 0.15) is 36.8 Å². The fourth-order valence-corrected chi connectivity index (χ4v) is 2.27. The minimum Gasteiger partial charge on any atom is -0.388 e. The van der Waals surface area contributed by atoms with Crippen LogP contribution in [0.5, 0.6) is 0 Å². The Bertz CT molecular complexity index is 708. The number of nitrogens with one attached hydrogen (secondary N) is 1. The van der Waals surface area contributed by atoms with Crippen molar-refractivity contribution < 1.29 is 9.90 Å². The van der Waals surface area contributed by atoms with Crippen LogP contribution in [0, 0.1) is 12.8 Å². The Hall–Kier alpha value is -1.85. The predicted octanol–water partition coefficient (Wildman–Crippen LogP) is 2.97. The number of carbonyl (C=O) groups excluding carboxylic acids is 1. The molecule has 1 amide bonds. The molecule has 23 heavy (non-hydrogen) atoms. The van der Waals surface area contributed by atoms with Crippen LogP contribution in [0.15, 0.2) is 30.5 Å². The second-order valence-corrected chi connectivity index (χ2v) is 6.61. The van der Waals surface area contributed by atoms with E-state index in [1.54, 1.807) is 17.7 Å². The molecule has 0 saturated carbocycles. The molecule has 2 rings (SSSR count). The van der Waals surface area contributed by atoms with Crippen molar-refractivity contribution in [1.82, 2.24) is 15.1 Å². The Morgan fingerprint density at radius 1 is 1.43 bits per heavy atom. The molecule has 0 aliphatic heterocycles. The lowest BCUT2D eigenvalue weighted by Gasteiger charge is -2.27. The molecule has 5 nitrogen and oxygen atoms in total. The van der Waals surface area contributed by atoms with Gasteiger partial charge >= 0.3 is 0 Å². The van der Waals surface area contributed by atoms with Gasteiger partial charge in [0.05, 0.1) is 33.8 Å². The van der Waals surface area contributed by atoms with Crippen molar-refractivity contribution in [2.45, 2.75) is 33.3 Å². The molecule has 124 valence electrons. The molecule has 0 radical (unpaired) electrons. The fraction of sp³-hybridized carbons (Fsp3) is 0.412. The second-order valence-electron chi connectivity index (χ2n) is 6.20. The molecule has 0 fully saturated rings. The Labute approximate surface area is 141 Å². The van der Waals surface area contributed by atoms with Crippen molar-refractivity contribution in [3.05, 3.63) is 46.7 Å². The van der Waals surface area contributed by atoms with Crippen molar-refractivity contribution in [1.29, 1.82) is 0 Å². The van der Waals surface area contributed by atoms with Crippen LogP contribution in [0.3, 0.4) is 0 Å². The molecule has 0 spiro atoms. The molecule has 2 aromatic rings. The van der Waals surface area contributed by atoms with E-state index in [0.29, 0.717) is 16.3 Å². The van der Waals surface area contributed by atoms with Gasteiger partial charge in [0.1, 0.15) is 0 Å². The number of rotatable bonds is 5. The molecular formula is C17H22ClN3O2. The molecule has 0 aliphatic carbocycles. The van der Waals surface area contributed by atoms with Gasteiger partial charge in [-0.1, -0.05) is 37.6 Å². The molecule has 1 heterocycles. The monoisotopic (exact) mass is 335 g/mol. The number of aliphatic hydroxyl groups is 1. The average Bonchev–Trinajstić information content (AvgIpc) is 2.87. The maximum atomic E-state index is 12.4. The number of aromatic nitrogens is 2. The standard InChI is InChI=1S/C17H22ClN3O2/c1-11(2)17(4,23)10-19-16(22)13-9-20-21(12(13)3)15-8-6-5-7-14(15)18/h5-9,11,23H,10H2,1-4H3,(H,19,22). The molecule has 0 bridgehead atoms. The third-order valence-electron chi connectivity index (χ3n) is 4.19. The van der Waals surface area contributed by atoms with Gasteiger partial charge in [-0.2, -0.15) is 5.10 Å². The topological polar surface area (TPSA) is 67.2 Å². The lowest BCUT2D eigenvalue weighted by Crippen LogP contribution is -2.44. The van der Waals surface area contributed by atoms with Gasteiger partial charge in [-0.25, -0.2) is 4.68 Å². The maximum Gasteiger partial charge on any atom is 0.254 e. The van der Waals surface area contributed by atoms with E-state index < -0.39 is 5.60 Å². The van der Waals surface area contributed by atoms with E-state index in [4.69, 9.17) is 11.6 Å². The van der Waals surface area contributed by atoms with E-state index in [-0.39, 0.29) is 18.4 Å². The number of carbonyl (C=O) groups is 1. The number of amides is 1. The summed E-state index contributed by atoms with van der Waals surface area (Å²) in [5, 5.41) is 17.8. The van der Waals surface area contributed by atoms with Crippen molar-refractivity contribution in [2.75, 3.05) is 6.54 Å². The number of hydrogen-bond acceptors (Lipinski definition) is 3.